The second-order valence-electron chi connectivity index (χ2n) is 4.36. The first-order valence-corrected chi connectivity index (χ1v) is 5.40. The minimum atomic E-state index is -2.36. The Kier molecular flexibility index (Phi) is 3.21. The van der Waals surface area contributed by atoms with E-state index in [4.69, 9.17) is 5.73 Å². The van der Waals surface area contributed by atoms with Gasteiger partial charge in [-0.3, -0.25) is 4.90 Å². The Bertz CT molecular complexity index is 342. The molecule has 0 spiro atoms. The zero-order valence-corrected chi connectivity index (χ0v) is 9.18. The van der Waals surface area contributed by atoms with Gasteiger partial charge < -0.3 is 5.73 Å². The first kappa shape index (κ1) is 11.5. The number of hydrogen-bond acceptors (Lipinski definition) is 2. The fraction of sp³-hybridized carbons (Fsp3) is 0.500. The highest BCUT2D eigenvalue weighted by molar-refractivity contribution is 5.25. The highest BCUT2D eigenvalue weighted by Crippen LogP contribution is 2.34. The van der Waals surface area contributed by atoms with Crippen molar-refractivity contribution in [2.75, 3.05) is 13.6 Å². The summed E-state index contributed by atoms with van der Waals surface area (Å²) in [4.78, 5) is 1.66. The van der Waals surface area contributed by atoms with Crippen molar-refractivity contribution in [3.8, 4) is 0 Å². The molecule has 1 aromatic rings. The predicted octanol–water partition coefficient (Wildman–Crippen LogP) is 1.68. The van der Waals surface area contributed by atoms with Crippen LogP contribution in [0.5, 0.6) is 0 Å². The maximum atomic E-state index is 13.0. The van der Waals surface area contributed by atoms with Crippen LogP contribution in [-0.2, 0) is 0 Å². The van der Waals surface area contributed by atoms with Crippen molar-refractivity contribution in [2.45, 2.75) is 24.4 Å². The van der Waals surface area contributed by atoms with E-state index in [1.54, 1.807) is 11.9 Å². The van der Waals surface area contributed by atoms with E-state index in [1.165, 1.54) is 0 Å². The molecule has 3 atom stereocenters. The first-order chi connectivity index (χ1) is 7.61. The first-order valence-electron chi connectivity index (χ1n) is 5.40. The standard InChI is InChI=1S/C12H16F2N2/c1-16-7-9(15)10(11(16)12(13)14)8-5-3-2-4-6-8/h2-6,9-12H,7,15H2,1H3/t9?,10-,11+/m1/s1. The number of nitrogens with two attached hydrogens (primary N) is 1. The van der Waals surface area contributed by atoms with E-state index < -0.39 is 12.5 Å². The van der Waals surface area contributed by atoms with Crippen molar-refractivity contribution in [3.63, 3.8) is 0 Å². The fourth-order valence-corrected chi connectivity index (χ4v) is 2.56. The average molecular weight is 226 g/mol. The fourth-order valence-electron chi connectivity index (χ4n) is 2.56. The summed E-state index contributed by atoms with van der Waals surface area (Å²) in [6.07, 6.45) is -2.36. The van der Waals surface area contributed by atoms with Gasteiger partial charge >= 0.3 is 0 Å². The maximum absolute atomic E-state index is 13.0. The van der Waals surface area contributed by atoms with E-state index in [2.05, 4.69) is 0 Å². The molecule has 1 heterocycles. The van der Waals surface area contributed by atoms with Gasteiger partial charge in [0.05, 0.1) is 6.04 Å². The van der Waals surface area contributed by atoms with Gasteiger partial charge in [-0.2, -0.15) is 0 Å². The quantitative estimate of drug-likeness (QED) is 0.831. The van der Waals surface area contributed by atoms with Gasteiger partial charge in [-0.05, 0) is 12.6 Å². The summed E-state index contributed by atoms with van der Waals surface area (Å²) in [5, 5.41) is 0. The van der Waals surface area contributed by atoms with Crippen molar-refractivity contribution in [2.24, 2.45) is 5.73 Å². The van der Waals surface area contributed by atoms with Crippen LogP contribution in [0.3, 0.4) is 0 Å². The third-order valence-electron chi connectivity index (χ3n) is 3.28. The highest BCUT2D eigenvalue weighted by Gasteiger charge is 2.43. The van der Waals surface area contributed by atoms with E-state index in [1.807, 2.05) is 30.3 Å². The zero-order valence-electron chi connectivity index (χ0n) is 9.18. The van der Waals surface area contributed by atoms with Crippen molar-refractivity contribution in [1.82, 2.24) is 4.90 Å². The molecule has 1 aliphatic heterocycles. The summed E-state index contributed by atoms with van der Waals surface area (Å²) < 4.78 is 26.0. The lowest BCUT2D eigenvalue weighted by Gasteiger charge is -2.25. The summed E-state index contributed by atoms with van der Waals surface area (Å²) in [6, 6.07) is 8.37. The van der Waals surface area contributed by atoms with Gasteiger partial charge in [0.1, 0.15) is 0 Å². The van der Waals surface area contributed by atoms with E-state index in [-0.39, 0.29) is 12.0 Å². The van der Waals surface area contributed by atoms with Gasteiger partial charge in [0.2, 0.25) is 0 Å². The van der Waals surface area contributed by atoms with Gasteiger partial charge in [-0.1, -0.05) is 30.3 Å². The molecule has 2 N–H and O–H groups in total. The van der Waals surface area contributed by atoms with E-state index in [0.29, 0.717) is 6.54 Å². The monoisotopic (exact) mass is 226 g/mol. The minimum Gasteiger partial charge on any atom is -0.326 e. The van der Waals surface area contributed by atoms with Crippen molar-refractivity contribution < 1.29 is 8.78 Å². The Morgan fingerprint density at radius 2 is 1.94 bits per heavy atom. The molecule has 16 heavy (non-hydrogen) atoms. The minimum absolute atomic E-state index is 0.216. The molecule has 0 saturated carbocycles. The molecule has 1 unspecified atom stereocenters. The lowest BCUT2D eigenvalue weighted by Crippen LogP contribution is -2.36. The number of benzene rings is 1. The molecule has 2 nitrogen and oxygen atoms in total. The summed E-state index contributed by atoms with van der Waals surface area (Å²) >= 11 is 0. The van der Waals surface area contributed by atoms with E-state index in [0.717, 1.165) is 5.56 Å². The van der Waals surface area contributed by atoms with E-state index in [9.17, 15) is 8.78 Å². The second kappa shape index (κ2) is 4.47. The Morgan fingerprint density at radius 3 is 2.50 bits per heavy atom. The Labute approximate surface area is 94.0 Å². The molecule has 1 saturated heterocycles. The average Bonchev–Trinajstić information content (AvgIpc) is 2.55. The zero-order chi connectivity index (χ0) is 11.7. The maximum Gasteiger partial charge on any atom is 0.254 e. The van der Waals surface area contributed by atoms with Crippen LogP contribution in [0.2, 0.25) is 0 Å². The molecule has 1 fully saturated rings. The van der Waals surface area contributed by atoms with Crippen LogP contribution < -0.4 is 5.73 Å². The molecule has 1 aliphatic rings. The number of likely N-dealkylation sites (N-methyl/N-ethyl adjacent to an activating group) is 1. The lowest BCUT2D eigenvalue weighted by molar-refractivity contribution is 0.0513. The number of alkyl halides is 2. The molecule has 0 bridgehead atoms. The Morgan fingerprint density at radius 1 is 1.31 bits per heavy atom. The third kappa shape index (κ3) is 1.95. The molecule has 0 radical (unpaired) electrons. The smallest absolute Gasteiger partial charge is 0.254 e. The predicted molar refractivity (Wildman–Crippen MR) is 59.6 cm³/mol. The molecule has 0 aliphatic carbocycles. The van der Waals surface area contributed by atoms with Gasteiger partial charge in [0.25, 0.3) is 6.43 Å². The molecule has 1 aromatic carbocycles. The molecular weight excluding hydrogens is 210 g/mol. The van der Waals surface area contributed by atoms with Gasteiger partial charge in [0, 0.05) is 18.5 Å². The summed E-state index contributed by atoms with van der Waals surface area (Å²) in [5.74, 6) is -0.272. The lowest BCUT2D eigenvalue weighted by atomic mass is 9.89. The Hall–Kier alpha value is -1.00. The van der Waals surface area contributed by atoms with Crippen LogP contribution in [0.1, 0.15) is 11.5 Å². The number of rotatable bonds is 2. The molecule has 0 aromatic heterocycles. The highest BCUT2D eigenvalue weighted by atomic mass is 19.3. The van der Waals surface area contributed by atoms with Crippen molar-refractivity contribution in [1.29, 1.82) is 0 Å². The van der Waals surface area contributed by atoms with Crippen LogP contribution in [0, 0.1) is 0 Å². The normalized spacial score (nSPS) is 31.2. The van der Waals surface area contributed by atoms with Gasteiger partial charge in [-0.25, -0.2) is 8.78 Å². The number of halogens is 2. The van der Waals surface area contributed by atoms with Crippen LogP contribution in [-0.4, -0.2) is 37.0 Å². The Balaban J connectivity index is 2.31. The summed E-state index contributed by atoms with van der Waals surface area (Å²) in [5.41, 5.74) is 6.86. The largest absolute Gasteiger partial charge is 0.326 e. The third-order valence-corrected chi connectivity index (χ3v) is 3.28. The molecule has 2 rings (SSSR count). The van der Waals surface area contributed by atoms with Gasteiger partial charge in [0.15, 0.2) is 0 Å². The van der Waals surface area contributed by atoms with E-state index >= 15 is 0 Å². The number of hydrogen-bond donors (Lipinski definition) is 1. The van der Waals surface area contributed by atoms with Crippen molar-refractivity contribution in [3.05, 3.63) is 35.9 Å². The topological polar surface area (TPSA) is 29.3 Å². The summed E-state index contributed by atoms with van der Waals surface area (Å²) in [7, 11) is 1.71. The molecule has 88 valence electrons. The number of likely N-dealkylation sites (tertiary alicyclic amines) is 1. The second-order valence-corrected chi connectivity index (χ2v) is 4.36. The van der Waals surface area contributed by atoms with Crippen molar-refractivity contribution >= 4 is 0 Å². The van der Waals surface area contributed by atoms with Crippen LogP contribution in [0.25, 0.3) is 0 Å². The van der Waals surface area contributed by atoms with Crippen LogP contribution >= 0.6 is 0 Å². The molecule has 4 heteroatoms. The van der Waals surface area contributed by atoms with Crippen LogP contribution in [0.4, 0.5) is 8.78 Å². The number of nitrogens with zero attached hydrogens (tertiary/aromatic N) is 1. The molecular formula is C12H16F2N2. The van der Waals surface area contributed by atoms with Crippen LogP contribution in [0.15, 0.2) is 30.3 Å². The van der Waals surface area contributed by atoms with Gasteiger partial charge in [-0.15, -0.1) is 0 Å². The summed E-state index contributed by atoms with van der Waals surface area (Å²) in [6.45, 7) is 0.522. The SMILES string of the molecule is CN1CC(N)[C@@H](c2ccccc2)[C@H]1C(F)F. The molecule has 0 amide bonds.